The van der Waals surface area contributed by atoms with Gasteiger partial charge in [-0.15, -0.1) is 0 Å². The van der Waals surface area contributed by atoms with Gasteiger partial charge in [-0.1, -0.05) is 72.3 Å². The minimum absolute atomic E-state index is 0.0316. The van der Waals surface area contributed by atoms with E-state index in [2.05, 4.69) is 5.32 Å². The van der Waals surface area contributed by atoms with E-state index in [1.165, 1.54) is 4.90 Å². The third-order valence-corrected chi connectivity index (χ3v) is 8.65. The number of amides is 2. The van der Waals surface area contributed by atoms with Crippen LogP contribution >= 0.6 is 11.6 Å². The van der Waals surface area contributed by atoms with Gasteiger partial charge in [-0.2, -0.15) is 0 Å². The average Bonchev–Trinajstić information content (AvgIpc) is 2.99. The molecule has 4 aromatic rings. The lowest BCUT2D eigenvalue weighted by atomic mass is 10.0. The summed E-state index contributed by atoms with van der Waals surface area (Å²) in [7, 11) is -4.29. The van der Waals surface area contributed by atoms with Crippen molar-refractivity contribution in [3.63, 3.8) is 0 Å². The molecule has 10 heteroatoms. The summed E-state index contributed by atoms with van der Waals surface area (Å²) in [6.45, 7) is 1.57. The van der Waals surface area contributed by atoms with Crippen LogP contribution in [0.15, 0.2) is 114 Å². The van der Waals surface area contributed by atoms with Gasteiger partial charge in [0.25, 0.3) is 10.0 Å². The number of nitrogens with one attached hydrogen (secondary N) is 1. The van der Waals surface area contributed by atoms with Crippen LogP contribution < -0.4 is 9.62 Å². The van der Waals surface area contributed by atoms with Crippen molar-refractivity contribution in [2.75, 3.05) is 17.4 Å². The number of nitrogens with zero attached hydrogens (tertiary/aromatic N) is 2. The summed E-state index contributed by atoms with van der Waals surface area (Å²) in [5, 5.41) is 3.34. The van der Waals surface area contributed by atoms with Gasteiger partial charge in [-0.05, 0) is 66.6 Å². The lowest BCUT2D eigenvalue weighted by Crippen LogP contribution is -2.53. The molecule has 0 aliphatic heterocycles. The van der Waals surface area contributed by atoms with Crippen LogP contribution in [0.4, 0.5) is 10.1 Å². The third-order valence-electron chi connectivity index (χ3n) is 6.61. The van der Waals surface area contributed by atoms with Crippen LogP contribution in [0.1, 0.15) is 18.1 Å². The van der Waals surface area contributed by atoms with Gasteiger partial charge in [-0.3, -0.25) is 13.9 Å². The van der Waals surface area contributed by atoms with Gasteiger partial charge in [0.15, 0.2) is 0 Å². The van der Waals surface area contributed by atoms with Crippen molar-refractivity contribution in [2.24, 2.45) is 0 Å². The van der Waals surface area contributed by atoms with Crippen molar-refractivity contribution in [3.8, 4) is 0 Å². The Balaban J connectivity index is 1.77. The lowest BCUT2D eigenvalue weighted by Gasteiger charge is -2.33. The van der Waals surface area contributed by atoms with Gasteiger partial charge < -0.3 is 10.2 Å². The minimum atomic E-state index is -4.29. The second-order valence-corrected chi connectivity index (χ2v) is 11.8. The third kappa shape index (κ3) is 7.74. The molecule has 1 unspecified atom stereocenters. The topological polar surface area (TPSA) is 86.8 Å². The standard InChI is InChI=1S/C32H31ClFN3O4S/c1-2-35-32(39)30(21-24-9-5-3-6-10-24)36(22-25-13-15-26(33)16-14-25)31(38)23-37(28-11-7-4-8-12-28)42(40,41)29-19-17-27(34)18-20-29/h3-20,30H,2,21-23H2,1H3,(H,35,39). The van der Waals surface area contributed by atoms with E-state index >= 15 is 0 Å². The number of halogens is 2. The first-order valence-electron chi connectivity index (χ1n) is 13.4. The summed E-state index contributed by atoms with van der Waals surface area (Å²) >= 11 is 6.09. The summed E-state index contributed by atoms with van der Waals surface area (Å²) in [5.41, 5.74) is 1.79. The van der Waals surface area contributed by atoms with E-state index in [4.69, 9.17) is 11.6 Å². The van der Waals surface area contributed by atoms with Gasteiger partial charge in [0.2, 0.25) is 11.8 Å². The molecule has 0 heterocycles. The van der Waals surface area contributed by atoms with Crippen LogP contribution in [0, 0.1) is 5.82 Å². The molecular formula is C32H31ClFN3O4S. The predicted molar refractivity (Wildman–Crippen MR) is 162 cm³/mol. The Kier molecular flexibility index (Phi) is 10.3. The molecule has 0 radical (unpaired) electrons. The number of benzene rings is 4. The fourth-order valence-corrected chi connectivity index (χ4v) is 6.03. The summed E-state index contributed by atoms with van der Waals surface area (Å²) in [5.74, 6) is -1.54. The molecule has 0 aliphatic carbocycles. The molecule has 2 amide bonds. The molecule has 0 aliphatic rings. The Morgan fingerprint density at radius 3 is 2.02 bits per heavy atom. The number of anilines is 1. The molecule has 4 rings (SSSR count). The maximum Gasteiger partial charge on any atom is 0.264 e. The molecule has 0 saturated heterocycles. The van der Waals surface area contributed by atoms with Gasteiger partial charge in [0, 0.05) is 24.5 Å². The Labute approximate surface area is 250 Å². The van der Waals surface area contributed by atoms with Crippen molar-refractivity contribution >= 4 is 39.1 Å². The Hall–Kier alpha value is -4.21. The average molecular weight is 608 g/mol. The Bertz CT molecular complexity index is 1590. The minimum Gasteiger partial charge on any atom is -0.355 e. The first-order chi connectivity index (χ1) is 20.2. The molecule has 0 saturated carbocycles. The van der Waals surface area contributed by atoms with E-state index in [1.807, 2.05) is 30.3 Å². The number of para-hydroxylation sites is 1. The highest BCUT2D eigenvalue weighted by atomic mass is 35.5. The van der Waals surface area contributed by atoms with Crippen LogP contribution in [-0.2, 0) is 32.6 Å². The van der Waals surface area contributed by atoms with Crippen molar-refractivity contribution in [2.45, 2.75) is 30.8 Å². The van der Waals surface area contributed by atoms with Crippen LogP contribution in [0.5, 0.6) is 0 Å². The summed E-state index contributed by atoms with van der Waals surface area (Å²) in [6, 6.07) is 27.8. The zero-order valence-electron chi connectivity index (χ0n) is 23.0. The van der Waals surface area contributed by atoms with Gasteiger partial charge >= 0.3 is 0 Å². The molecule has 1 atom stereocenters. The molecule has 4 aromatic carbocycles. The van der Waals surface area contributed by atoms with Crippen molar-refractivity contribution in [1.29, 1.82) is 0 Å². The fraction of sp³-hybridized carbons (Fsp3) is 0.188. The molecule has 1 N–H and O–H groups in total. The van der Waals surface area contributed by atoms with Crippen molar-refractivity contribution in [3.05, 3.63) is 131 Å². The normalized spacial score (nSPS) is 11.9. The van der Waals surface area contributed by atoms with Crippen LogP contribution in [-0.4, -0.2) is 44.3 Å². The van der Waals surface area contributed by atoms with E-state index in [1.54, 1.807) is 61.5 Å². The molecule has 0 spiro atoms. The van der Waals surface area contributed by atoms with Crippen LogP contribution in [0.2, 0.25) is 5.02 Å². The number of likely N-dealkylation sites (N-methyl/N-ethyl adjacent to an activating group) is 1. The number of hydrogen-bond donors (Lipinski definition) is 1. The van der Waals surface area contributed by atoms with Gasteiger partial charge in [-0.25, -0.2) is 12.8 Å². The predicted octanol–water partition coefficient (Wildman–Crippen LogP) is 5.45. The summed E-state index contributed by atoms with van der Waals surface area (Å²) in [6.07, 6.45) is 0.210. The summed E-state index contributed by atoms with van der Waals surface area (Å²) < 4.78 is 42.3. The number of sulfonamides is 1. The molecule has 0 fully saturated rings. The SMILES string of the molecule is CCNC(=O)C(Cc1ccccc1)N(Cc1ccc(Cl)cc1)C(=O)CN(c1ccccc1)S(=O)(=O)c1ccc(F)cc1. The van der Waals surface area contributed by atoms with E-state index < -0.39 is 34.3 Å². The summed E-state index contributed by atoms with van der Waals surface area (Å²) in [4.78, 5) is 28.9. The van der Waals surface area contributed by atoms with Gasteiger partial charge in [0.1, 0.15) is 18.4 Å². The smallest absolute Gasteiger partial charge is 0.264 e. The molecule has 218 valence electrons. The quantitative estimate of drug-likeness (QED) is 0.232. The van der Waals surface area contributed by atoms with E-state index in [9.17, 15) is 22.4 Å². The monoisotopic (exact) mass is 607 g/mol. The van der Waals surface area contributed by atoms with Crippen molar-refractivity contribution in [1.82, 2.24) is 10.2 Å². The maximum atomic E-state index is 14.2. The molecule has 0 aromatic heterocycles. The number of carbonyl (C=O) groups excluding carboxylic acids is 2. The number of hydrogen-bond acceptors (Lipinski definition) is 4. The second-order valence-electron chi connectivity index (χ2n) is 9.55. The van der Waals surface area contributed by atoms with E-state index in [0.29, 0.717) is 17.1 Å². The van der Waals surface area contributed by atoms with Gasteiger partial charge in [0.05, 0.1) is 10.6 Å². The molecule has 42 heavy (non-hydrogen) atoms. The highest BCUT2D eigenvalue weighted by Gasteiger charge is 2.34. The second kappa shape index (κ2) is 14.1. The van der Waals surface area contributed by atoms with E-state index in [0.717, 1.165) is 34.1 Å². The molecule has 0 bridgehead atoms. The fourth-order valence-electron chi connectivity index (χ4n) is 4.49. The largest absolute Gasteiger partial charge is 0.355 e. The number of carbonyl (C=O) groups is 2. The zero-order chi connectivity index (χ0) is 30.1. The Morgan fingerprint density at radius 2 is 1.43 bits per heavy atom. The van der Waals surface area contributed by atoms with Crippen molar-refractivity contribution < 1.29 is 22.4 Å². The zero-order valence-corrected chi connectivity index (χ0v) is 24.6. The molecular weight excluding hydrogens is 577 g/mol. The highest BCUT2D eigenvalue weighted by molar-refractivity contribution is 7.92. The van der Waals surface area contributed by atoms with Crippen LogP contribution in [0.3, 0.4) is 0 Å². The molecule has 7 nitrogen and oxygen atoms in total. The highest BCUT2D eigenvalue weighted by Crippen LogP contribution is 2.25. The maximum absolute atomic E-state index is 14.2. The first-order valence-corrected chi connectivity index (χ1v) is 15.2. The first kappa shape index (κ1) is 30.7. The Morgan fingerprint density at radius 1 is 0.833 bits per heavy atom. The lowest BCUT2D eigenvalue weighted by molar-refractivity contribution is -0.140. The number of rotatable bonds is 12. The van der Waals surface area contributed by atoms with Crippen LogP contribution in [0.25, 0.3) is 0 Å². The van der Waals surface area contributed by atoms with E-state index in [-0.39, 0.29) is 29.5 Å².